The van der Waals surface area contributed by atoms with Crippen LogP contribution in [0.25, 0.3) is 0 Å². The van der Waals surface area contributed by atoms with Crippen LogP contribution in [0.5, 0.6) is 5.75 Å². The fourth-order valence-electron chi connectivity index (χ4n) is 3.99. The molecule has 1 unspecified atom stereocenters. The second-order valence-electron chi connectivity index (χ2n) is 7.64. The second kappa shape index (κ2) is 9.13. The number of ether oxygens (including phenoxy) is 2. The van der Waals surface area contributed by atoms with Crippen molar-refractivity contribution in [2.75, 3.05) is 26.2 Å². The Balaban J connectivity index is 1.35. The molecule has 11 heteroatoms. The highest BCUT2D eigenvalue weighted by atomic mass is 32.2. The number of rotatable bonds is 7. The Bertz CT molecular complexity index is 1090. The number of hydrogen-bond acceptors (Lipinski definition) is 7. The number of carbonyl (C=O) groups excluding carboxylic acids is 1. The Morgan fingerprint density at radius 3 is 2.41 bits per heavy atom. The summed E-state index contributed by atoms with van der Waals surface area (Å²) in [5, 5.41) is 11.2. The van der Waals surface area contributed by atoms with Gasteiger partial charge in [0, 0.05) is 25.2 Å². The number of nitro benzene ring substituents is 1. The molecule has 2 saturated heterocycles. The average Bonchev–Trinajstić information content (AvgIpc) is 3.19. The van der Waals surface area contributed by atoms with Gasteiger partial charge in [0.25, 0.3) is 5.69 Å². The summed E-state index contributed by atoms with van der Waals surface area (Å²) >= 11 is 0. The van der Waals surface area contributed by atoms with Gasteiger partial charge in [-0.15, -0.1) is 0 Å². The standard InChI is InChI=1S/C21H23N3O7S/c25-21-23(14-18(31-21)15-30-17-6-2-1-3-7-17)16-10-12-22(13-11-16)32(28,29)20-9-5-4-8-19(20)24(26)27/h1-9,16,18H,10-15H2. The van der Waals surface area contributed by atoms with Crippen molar-refractivity contribution in [1.29, 1.82) is 0 Å². The van der Waals surface area contributed by atoms with Crippen LogP contribution in [0.15, 0.2) is 59.5 Å². The fourth-order valence-corrected chi connectivity index (χ4v) is 5.62. The molecule has 170 valence electrons. The molecule has 0 N–H and O–H groups in total. The predicted molar refractivity (Wildman–Crippen MR) is 114 cm³/mol. The number of para-hydroxylation sites is 2. The lowest BCUT2D eigenvalue weighted by atomic mass is 10.1. The van der Waals surface area contributed by atoms with Crippen molar-refractivity contribution in [2.45, 2.75) is 29.9 Å². The molecule has 0 spiro atoms. The van der Waals surface area contributed by atoms with Crippen LogP contribution < -0.4 is 4.74 Å². The molecule has 2 aliphatic heterocycles. The summed E-state index contributed by atoms with van der Waals surface area (Å²) < 4.78 is 38.3. The molecule has 32 heavy (non-hydrogen) atoms. The summed E-state index contributed by atoms with van der Waals surface area (Å²) in [6, 6.07) is 14.4. The number of benzene rings is 2. The summed E-state index contributed by atoms with van der Waals surface area (Å²) in [6.07, 6.45) is -0.00859. The minimum absolute atomic E-state index is 0.161. The number of amides is 1. The van der Waals surface area contributed by atoms with Crippen molar-refractivity contribution >= 4 is 21.8 Å². The van der Waals surface area contributed by atoms with E-state index in [4.69, 9.17) is 9.47 Å². The molecule has 2 aliphatic rings. The quantitative estimate of drug-likeness (QED) is 0.459. The van der Waals surface area contributed by atoms with E-state index in [1.165, 1.54) is 28.6 Å². The van der Waals surface area contributed by atoms with Crippen LogP contribution in [-0.2, 0) is 14.8 Å². The summed E-state index contributed by atoms with van der Waals surface area (Å²) in [6.45, 7) is 0.923. The summed E-state index contributed by atoms with van der Waals surface area (Å²) in [5.41, 5.74) is -0.445. The lowest BCUT2D eigenvalue weighted by Gasteiger charge is -2.34. The molecule has 10 nitrogen and oxygen atoms in total. The second-order valence-corrected chi connectivity index (χ2v) is 9.55. The first-order valence-corrected chi connectivity index (χ1v) is 11.7. The lowest BCUT2D eigenvalue weighted by Crippen LogP contribution is -2.47. The molecule has 0 aliphatic carbocycles. The van der Waals surface area contributed by atoms with Gasteiger partial charge >= 0.3 is 6.09 Å². The van der Waals surface area contributed by atoms with Gasteiger partial charge in [-0.05, 0) is 31.0 Å². The first-order chi connectivity index (χ1) is 15.4. The van der Waals surface area contributed by atoms with Gasteiger partial charge in [0.2, 0.25) is 10.0 Å². The third-order valence-corrected chi connectivity index (χ3v) is 7.57. The average molecular weight is 461 g/mol. The van der Waals surface area contributed by atoms with Gasteiger partial charge in [-0.2, -0.15) is 4.31 Å². The van der Waals surface area contributed by atoms with E-state index in [1.54, 1.807) is 4.90 Å². The van der Waals surface area contributed by atoms with Crippen molar-refractivity contribution < 1.29 is 27.6 Å². The summed E-state index contributed by atoms with van der Waals surface area (Å²) in [5.74, 6) is 0.690. The van der Waals surface area contributed by atoms with E-state index >= 15 is 0 Å². The number of nitro groups is 1. The topological polar surface area (TPSA) is 119 Å². The number of cyclic esters (lactones) is 1. The zero-order valence-electron chi connectivity index (χ0n) is 17.2. The first-order valence-electron chi connectivity index (χ1n) is 10.2. The number of piperidine rings is 1. The molecule has 0 saturated carbocycles. The molecule has 2 heterocycles. The number of hydrogen-bond donors (Lipinski definition) is 0. The van der Waals surface area contributed by atoms with Gasteiger partial charge < -0.3 is 14.4 Å². The number of sulfonamides is 1. The molecule has 1 atom stereocenters. The van der Waals surface area contributed by atoms with Gasteiger partial charge in [0.1, 0.15) is 12.4 Å². The summed E-state index contributed by atoms with van der Waals surface area (Å²) in [4.78, 5) is 24.2. The van der Waals surface area contributed by atoms with Crippen LogP contribution in [0.4, 0.5) is 10.5 Å². The van der Waals surface area contributed by atoms with Crippen LogP contribution in [0.2, 0.25) is 0 Å². The van der Waals surface area contributed by atoms with E-state index in [-0.39, 0.29) is 30.6 Å². The minimum atomic E-state index is -4.01. The smallest absolute Gasteiger partial charge is 0.410 e. The Hall–Kier alpha value is -3.18. The third-order valence-electron chi connectivity index (χ3n) is 5.63. The summed E-state index contributed by atoms with van der Waals surface area (Å²) in [7, 11) is -4.01. The van der Waals surface area contributed by atoms with Gasteiger partial charge in [-0.1, -0.05) is 30.3 Å². The maximum absolute atomic E-state index is 13.0. The molecule has 0 aromatic heterocycles. The SMILES string of the molecule is O=C1OC(COc2ccccc2)CN1C1CCN(S(=O)(=O)c2ccccc2[N+](=O)[O-])CC1. The highest BCUT2D eigenvalue weighted by Gasteiger charge is 2.40. The Morgan fingerprint density at radius 2 is 1.72 bits per heavy atom. The van der Waals surface area contributed by atoms with E-state index in [2.05, 4.69) is 0 Å². The molecule has 2 fully saturated rings. The largest absolute Gasteiger partial charge is 0.490 e. The van der Waals surface area contributed by atoms with Crippen molar-refractivity contribution in [3.05, 3.63) is 64.7 Å². The van der Waals surface area contributed by atoms with Crippen molar-refractivity contribution in [1.82, 2.24) is 9.21 Å². The highest BCUT2D eigenvalue weighted by Crippen LogP contribution is 2.30. The monoisotopic (exact) mass is 461 g/mol. The number of carbonyl (C=O) groups is 1. The molecule has 2 aromatic carbocycles. The van der Waals surface area contributed by atoms with E-state index in [9.17, 15) is 23.3 Å². The zero-order valence-corrected chi connectivity index (χ0v) is 18.0. The normalized spacial score (nSPS) is 20.2. The first kappa shape index (κ1) is 22.0. The minimum Gasteiger partial charge on any atom is -0.490 e. The van der Waals surface area contributed by atoms with E-state index < -0.39 is 32.8 Å². The predicted octanol–water partition coefficient (Wildman–Crippen LogP) is 2.65. The lowest BCUT2D eigenvalue weighted by molar-refractivity contribution is -0.387. The highest BCUT2D eigenvalue weighted by molar-refractivity contribution is 7.89. The van der Waals surface area contributed by atoms with Crippen LogP contribution in [-0.4, -0.2) is 67.0 Å². The van der Waals surface area contributed by atoms with Crippen LogP contribution >= 0.6 is 0 Å². The van der Waals surface area contributed by atoms with E-state index in [0.29, 0.717) is 25.1 Å². The molecular weight excluding hydrogens is 438 g/mol. The molecular formula is C21H23N3O7S. The maximum atomic E-state index is 13.0. The molecule has 0 bridgehead atoms. The van der Waals surface area contributed by atoms with Gasteiger partial charge in [0.15, 0.2) is 11.0 Å². The molecule has 1 amide bonds. The van der Waals surface area contributed by atoms with Crippen molar-refractivity contribution in [3.63, 3.8) is 0 Å². The zero-order chi connectivity index (χ0) is 22.7. The fraction of sp³-hybridized carbons (Fsp3) is 0.381. The van der Waals surface area contributed by atoms with Crippen molar-refractivity contribution in [3.8, 4) is 5.75 Å². The Morgan fingerprint density at radius 1 is 1.06 bits per heavy atom. The Kier molecular flexibility index (Phi) is 6.28. The maximum Gasteiger partial charge on any atom is 0.410 e. The van der Waals surface area contributed by atoms with Gasteiger partial charge in [-0.3, -0.25) is 10.1 Å². The van der Waals surface area contributed by atoms with E-state index in [1.807, 2.05) is 30.3 Å². The van der Waals surface area contributed by atoms with Gasteiger partial charge in [0.05, 0.1) is 11.5 Å². The van der Waals surface area contributed by atoms with Crippen molar-refractivity contribution in [2.24, 2.45) is 0 Å². The Labute approximate surface area is 185 Å². The molecule has 2 aromatic rings. The van der Waals surface area contributed by atoms with Gasteiger partial charge in [-0.25, -0.2) is 13.2 Å². The molecule has 4 rings (SSSR count). The third kappa shape index (κ3) is 4.53. The number of nitrogens with zero attached hydrogens (tertiary/aromatic N) is 3. The molecule has 0 radical (unpaired) electrons. The van der Waals surface area contributed by atoms with Crippen LogP contribution in [0.3, 0.4) is 0 Å². The van der Waals surface area contributed by atoms with E-state index in [0.717, 1.165) is 0 Å². The van der Waals surface area contributed by atoms with Crippen LogP contribution in [0.1, 0.15) is 12.8 Å². The van der Waals surface area contributed by atoms with Crippen LogP contribution in [0, 0.1) is 10.1 Å².